The first-order chi connectivity index (χ1) is 8.20. The highest BCUT2D eigenvalue weighted by Crippen LogP contribution is 2.20. The van der Waals surface area contributed by atoms with E-state index in [0.29, 0.717) is 16.2 Å². The van der Waals surface area contributed by atoms with E-state index >= 15 is 0 Å². The number of halogens is 2. The Morgan fingerprint density at radius 3 is 3.06 bits per heavy atom. The van der Waals surface area contributed by atoms with Gasteiger partial charge in [-0.25, -0.2) is 0 Å². The molecule has 1 unspecified atom stereocenters. The highest BCUT2D eigenvalue weighted by molar-refractivity contribution is 9.10. The number of likely N-dealkylation sites (tertiary alicyclic amines) is 1. The number of hydrogen-bond acceptors (Lipinski definition) is 3. The lowest BCUT2D eigenvalue weighted by Gasteiger charge is -2.32. The van der Waals surface area contributed by atoms with Crippen LogP contribution < -0.4 is 5.32 Å². The van der Waals surface area contributed by atoms with Crippen molar-refractivity contribution in [3.8, 4) is 0 Å². The molecule has 0 saturated carbocycles. The van der Waals surface area contributed by atoms with Gasteiger partial charge in [-0.05, 0) is 48.3 Å². The van der Waals surface area contributed by atoms with Crippen molar-refractivity contribution in [2.24, 2.45) is 5.92 Å². The minimum atomic E-state index is 0. The second-order valence-corrected chi connectivity index (χ2v) is 5.24. The van der Waals surface area contributed by atoms with Gasteiger partial charge in [0, 0.05) is 19.2 Å². The number of piperidine rings is 1. The second-order valence-electron chi connectivity index (χ2n) is 4.46. The van der Waals surface area contributed by atoms with E-state index in [0.717, 1.165) is 26.1 Å². The Labute approximate surface area is 122 Å². The van der Waals surface area contributed by atoms with Crippen LogP contribution in [0.5, 0.6) is 0 Å². The van der Waals surface area contributed by atoms with E-state index < -0.39 is 0 Å². The minimum Gasteiger partial charge on any atom is -0.457 e. The van der Waals surface area contributed by atoms with Crippen molar-refractivity contribution < 1.29 is 9.21 Å². The molecular formula is C12H18BrClN2O2. The van der Waals surface area contributed by atoms with Crippen LogP contribution in [0.4, 0.5) is 0 Å². The predicted octanol–water partition coefficient (Wildman–Crippen LogP) is 2.54. The number of hydrogen-bond donors (Lipinski definition) is 1. The Morgan fingerprint density at radius 1 is 1.67 bits per heavy atom. The maximum Gasteiger partial charge on any atom is 0.257 e. The van der Waals surface area contributed by atoms with E-state index in [-0.39, 0.29) is 18.3 Å². The van der Waals surface area contributed by atoms with Gasteiger partial charge in [0.2, 0.25) is 0 Å². The normalized spacial score (nSPS) is 19.4. The summed E-state index contributed by atoms with van der Waals surface area (Å²) in [5.74, 6) is 0.633. The van der Waals surface area contributed by atoms with Crippen LogP contribution in [0.15, 0.2) is 21.4 Å². The molecule has 0 aromatic carbocycles. The van der Waals surface area contributed by atoms with E-state index in [2.05, 4.69) is 21.2 Å². The second kappa shape index (κ2) is 7.16. The minimum absolute atomic E-state index is 0. The van der Waals surface area contributed by atoms with E-state index in [1.165, 1.54) is 12.7 Å². The summed E-state index contributed by atoms with van der Waals surface area (Å²) in [4.78, 5) is 14.1. The van der Waals surface area contributed by atoms with Crippen molar-refractivity contribution in [1.82, 2.24) is 10.2 Å². The lowest BCUT2D eigenvalue weighted by atomic mass is 9.97. The number of carbonyl (C=O) groups is 1. The molecule has 102 valence electrons. The zero-order valence-electron chi connectivity index (χ0n) is 10.3. The van der Waals surface area contributed by atoms with Crippen molar-refractivity contribution in [2.45, 2.75) is 12.8 Å². The number of carbonyl (C=O) groups excluding carboxylic acids is 1. The molecule has 1 aromatic heterocycles. The molecule has 1 aliphatic rings. The molecule has 2 rings (SSSR count). The average molecular weight is 338 g/mol. The summed E-state index contributed by atoms with van der Waals surface area (Å²) in [6.45, 7) is 2.66. The lowest BCUT2D eigenvalue weighted by Crippen LogP contribution is -2.42. The highest BCUT2D eigenvalue weighted by Gasteiger charge is 2.24. The van der Waals surface area contributed by atoms with Crippen molar-refractivity contribution in [3.05, 3.63) is 22.6 Å². The smallest absolute Gasteiger partial charge is 0.257 e. The summed E-state index contributed by atoms with van der Waals surface area (Å²) in [6, 6.07) is 1.73. The summed E-state index contributed by atoms with van der Waals surface area (Å²) in [5.41, 5.74) is 0.627. The van der Waals surface area contributed by atoms with Crippen LogP contribution in [-0.4, -0.2) is 37.5 Å². The first-order valence-electron chi connectivity index (χ1n) is 5.88. The SMILES string of the molecule is CNCC1CCCN(C(=O)c2coc(Br)c2)C1.Cl. The number of nitrogens with one attached hydrogen (secondary N) is 1. The van der Waals surface area contributed by atoms with Gasteiger partial charge < -0.3 is 14.6 Å². The molecule has 18 heavy (non-hydrogen) atoms. The molecule has 4 nitrogen and oxygen atoms in total. The molecule has 2 heterocycles. The standard InChI is InChI=1S/C12H17BrN2O2.ClH/c1-14-6-9-3-2-4-15(7-9)12(16)10-5-11(13)17-8-10;/h5,8-9,14H,2-4,6-7H2,1H3;1H. The molecule has 1 N–H and O–H groups in total. The maximum atomic E-state index is 12.2. The number of furan rings is 1. The van der Waals surface area contributed by atoms with E-state index in [1.54, 1.807) is 6.07 Å². The van der Waals surface area contributed by atoms with Crippen LogP contribution in [0.25, 0.3) is 0 Å². The van der Waals surface area contributed by atoms with E-state index in [9.17, 15) is 4.79 Å². The Kier molecular flexibility index (Phi) is 6.18. The summed E-state index contributed by atoms with van der Waals surface area (Å²) in [5, 5.41) is 3.18. The molecule has 0 bridgehead atoms. The molecule has 1 atom stereocenters. The van der Waals surface area contributed by atoms with Gasteiger partial charge in [0.05, 0.1) is 5.56 Å². The molecule has 0 radical (unpaired) electrons. The van der Waals surface area contributed by atoms with Crippen LogP contribution in [0, 0.1) is 5.92 Å². The van der Waals surface area contributed by atoms with Crippen LogP contribution >= 0.6 is 28.3 Å². The van der Waals surface area contributed by atoms with Crippen molar-refractivity contribution in [1.29, 1.82) is 0 Å². The summed E-state index contributed by atoms with van der Waals surface area (Å²) < 4.78 is 5.71. The zero-order valence-corrected chi connectivity index (χ0v) is 12.7. The van der Waals surface area contributed by atoms with Gasteiger partial charge in [0.1, 0.15) is 6.26 Å². The molecule has 0 aliphatic carbocycles. The van der Waals surface area contributed by atoms with Gasteiger partial charge in [-0.2, -0.15) is 0 Å². The summed E-state index contributed by atoms with van der Waals surface area (Å²) in [6.07, 6.45) is 3.78. The molecule has 1 aliphatic heterocycles. The fraction of sp³-hybridized carbons (Fsp3) is 0.583. The average Bonchev–Trinajstić information content (AvgIpc) is 2.76. The van der Waals surface area contributed by atoms with Gasteiger partial charge in [0.25, 0.3) is 5.91 Å². The number of amides is 1. The Bertz CT molecular complexity index is 395. The summed E-state index contributed by atoms with van der Waals surface area (Å²) in [7, 11) is 1.95. The molecule has 1 saturated heterocycles. The Hall–Kier alpha value is -0.520. The predicted molar refractivity (Wildman–Crippen MR) is 76.2 cm³/mol. The third kappa shape index (κ3) is 3.73. The van der Waals surface area contributed by atoms with Crippen molar-refractivity contribution >= 4 is 34.2 Å². The van der Waals surface area contributed by atoms with Crippen LogP contribution in [-0.2, 0) is 0 Å². The topological polar surface area (TPSA) is 45.5 Å². The number of rotatable bonds is 3. The van der Waals surface area contributed by atoms with Crippen molar-refractivity contribution in [2.75, 3.05) is 26.7 Å². The fourth-order valence-corrected chi connectivity index (χ4v) is 2.65. The van der Waals surface area contributed by atoms with E-state index in [1.807, 2.05) is 11.9 Å². The van der Waals surface area contributed by atoms with Gasteiger partial charge in [0.15, 0.2) is 4.67 Å². The van der Waals surface area contributed by atoms with E-state index in [4.69, 9.17) is 4.42 Å². The first kappa shape index (κ1) is 15.5. The zero-order chi connectivity index (χ0) is 12.3. The van der Waals surface area contributed by atoms with Gasteiger partial charge in [-0.1, -0.05) is 0 Å². The van der Waals surface area contributed by atoms with Crippen LogP contribution in [0.3, 0.4) is 0 Å². The Morgan fingerprint density at radius 2 is 2.44 bits per heavy atom. The molecule has 0 spiro atoms. The first-order valence-corrected chi connectivity index (χ1v) is 6.68. The monoisotopic (exact) mass is 336 g/mol. The van der Waals surface area contributed by atoms with Crippen LogP contribution in [0.2, 0.25) is 0 Å². The maximum absolute atomic E-state index is 12.2. The summed E-state index contributed by atoms with van der Waals surface area (Å²) >= 11 is 3.21. The van der Waals surface area contributed by atoms with Gasteiger partial charge >= 0.3 is 0 Å². The molecular weight excluding hydrogens is 320 g/mol. The largest absolute Gasteiger partial charge is 0.457 e. The van der Waals surface area contributed by atoms with Gasteiger partial charge in [-0.15, -0.1) is 12.4 Å². The quantitative estimate of drug-likeness (QED) is 0.922. The lowest BCUT2D eigenvalue weighted by molar-refractivity contribution is 0.0673. The molecule has 1 fully saturated rings. The molecule has 1 aromatic rings. The highest BCUT2D eigenvalue weighted by atomic mass is 79.9. The number of nitrogens with zero attached hydrogens (tertiary/aromatic N) is 1. The Balaban J connectivity index is 0.00000162. The molecule has 6 heteroatoms. The van der Waals surface area contributed by atoms with Gasteiger partial charge in [-0.3, -0.25) is 4.79 Å². The third-order valence-corrected chi connectivity index (χ3v) is 3.53. The molecule has 1 amide bonds. The fourth-order valence-electron chi connectivity index (χ4n) is 2.31. The third-order valence-electron chi connectivity index (χ3n) is 3.11. The van der Waals surface area contributed by atoms with Crippen molar-refractivity contribution in [3.63, 3.8) is 0 Å². The van der Waals surface area contributed by atoms with Crippen LogP contribution in [0.1, 0.15) is 23.2 Å².